The predicted molar refractivity (Wildman–Crippen MR) is 94.7 cm³/mol. The Morgan fingerprint density at radius 3 is 2.67 bits per heavy atom. The van der Waals surface area contributed by atoms with Crippen LogP contribution < -0.4 is 0 Å². The fraction of sp³-hybridized carbons (Fsp3) is 0.429. The number of fused-ring (bicyclic) bond motifs is 1. The lowest BCUT2D eigenvalue weighted by atomic mass is 10.1. The number of hydrogen-bond donors (Lipinski definition) is 1. The average Bonchev–Trinajstić information content (AvgIpc) is 3.21. The van der Waals surface area contributed by atoms with Gasteiger partial charge in [0.05, 0.1) is 19.3 Å². The van der Waals surface area contributed by atoms with E-state index in [0.29, 0.717) is 12.5 Å². The van der Waals surface area contributed by atoms with Gasteiger partial charge in [-0.1, -0.05) is 54.6 Å². The van der Waals surface area contributed by atoms with E-state index < -0.39 is 0 Å². The maximum Gasteiger partial charge on any atom is 0.0951 e. The highest BCUT2D eigenvalue weighted by molar-refractivity contribution is 5.36. The first-order valence-corrected chi connectivity index (χ1v) is 8.93. The van der Waals surface area contributed by atoms with Crippen molar-refractivity contribution in [1.82, 2.24) is 4.90 Å². The Morgan fingerprint density at radius 2 is 1.83 bits per heavy atom. The molecule has 1 N–H and O–H groups in total. The fourth-order valence-corrected chi connectivity index (χ4v) is 4.10. The summed E-state index contributed by atoms with van der Waals surface area (Å²) in [6, 6.07) is 18.9. The molecule has 24 heavy (non-hydrogen) atoms. The molecule has 0 radical (unpaired) electrons. The number of ether oxygens (including phenoxy) is 1. The van der Waals surface area contributed by atoms with E-state index in [4.69, 9.17) is 4.74 Å². The summed E-state index contributed by atoms with van der Waals surface area (Å²) in [6.45, 7) is 3.59. The summed E-state index contributed by atoms with van der Waals surface area (Å²) in [4.78, 5) is 2.46. The molecular formula is C21H25NO2. The van der Waals surface area contributed by atoms with Crippen LogP contribution in [0.1, 0.15) is 29.2 Å². The lowest BCUT2D eigenvalue weighted by molar-refractivity contribution is 0.0603. The lowest BCUT2D eigenvalue weighted by Crippen LogP contribution is -2.36. The van der Waals surface area contributed by atoms with E-state index in [1.165, 1.54) is 11.1 Å². The molecule has 3 nitrogen and oxygen atoms in total. The Balaban J connectivity index is 1.28. The molecule has 1 heterocycles. The van der Waals surface area contributed by atoms with Crippen molar-refractivity contribution in [3.8, 4) is 0 Å². The summed E-state index contributed by atoms with van der Waals surface area (Å²) in [5.41, 5.74) is 3.65. The Morgan fingerprint density at radius 1 is 1.04 bits per heavy atom. The van der Waals surface area contributed by atoms with E-state index in [0.717, 1.165) is 38.1 Å². The quantitative estimate of drug-likeness (QED) is 0.917. The molecule has 1 fully saturated rings. The van der Waals surface area contributed by atoms with E-state index in [1.54, 1.807) is 0 Å². The zero-order valence-electron chi connectivity index (χ0n) is 14.0. The monoisotopic (exact) mass is 323 g/mol. The van der Waals surface area contributed by atoms with Gasteiger partial charge in [-0.05, 0) is 42.0 Å². The highest BCUT2D eigenvalue weighted by Gasteiger charge is 2.37. The van der Waals surface area contributed by atoms with Gasteiger partial charge in [0, 0.05) is 12.6 Å². The molecule has 3 heteroatoms. The third-order valence-corrected chi connectivity index (χ3v) is 5.42. The van der Waals surface area contributed by atoms with Crippen LogP contribution in [0.5, 0.6) is 0 Å². The predicted octanol–water partition coefficient (Wildman–Crippen LogP) is 3.18. The normalized spacial score (nSPS) is 26.6. The van der Waals surface area contributed by atoms with Crippen LogP contribution >= 0.6 is 0 Å². The molecule has 1 aliphatic heterocycles. The van der Waals surface area contributed by atoms with Crippen molar-refractivity contribution in [2.24, 2.45) is 5.92 Å². The van der Waals surface area contributed by atoms with Crippen molar-refractivity contribution in [2.75, 3.05) is 19.7 Å². The van der Waals surface area contributed by atoms with Crippen molar-refractivity contribution in [2.45, 2.75) is 31.6 Å². The molecule has 0 spiro atoms. The minimum absolute atomic E-state index is 0.238. The number of nitrogens with zero attached hydrogens (tertiary/aromatic N) is 1. The molecule has 2 aromatic rings. The summed E-state index contributed by atoms with van der Waals surface area (Å²) in [5, 5.41) is 10.6. The summed E-state index contributed by atoms with van der Waals surface area (Å²) in [5.74, 6) is 0.574. The van der Waals surface area contributed by atoms with Crippen LogP contribution in [0.3, 0.4) is 0 Å². The number of benzene rings is 2. The van der Waals surface area contributed by atoms with Gasteiger partial charge in [0.25, 0.3) is 0 Å². The summed E-state index contributed by atoms with van der Waals surface area (Å²) in [7, 11) is 0. The largest absolute Gasteiger partial charge is 0.387 e. The van der Waals surface area contributed by atoms with Crippen LogP contribution in [0.4, 0.5) is 0 Å². The molecule has 0 saturated carbocycles. The van der Waals surface area contributed by atoms with Crippen LogP contribution in [-0.2, 0) is 17.8 Å². The van der Waals surface area contributed by atoms with Gasteiger partial charge in [-0.2, -0.15) is 0 Å². The third-order valence-electron chi connectivity index (χ3n) is 5.42. The van der Waals surface area contributed by atoms with Gasteiger partial charge in [-0.15, -0.1) is 0 Å². The second-order valence-corrected chi connectivity index (χ2v) is 7.07. The first kappa shape index (κ1) is 15.8. The van der Waals surface area contributed by atoms with Crippen molar-refractivity contribution in [1.29, 1.82) is 0 Å². The second-order valence-electron chi connectivity index (χ2n) is 7.07. The lowest BCUT2D eigenvalue weighted by Gasteiger charge is -2.27. The molecule has 3 unspecified atom stereocenters. The summed E-state index contributed by atoms with van der Waals surface area (Å²) in [6.07, 6.45) is 1.79. The van der Waals surface area contributed by atoms with E-state index in [-0.39, 0.29) is 12.1 Å². The number of aliphatic hydroxyl groups excluding tert-OH is 1. The zero-order chi connectivity index (χ0) is 16.4. The molecule has 2 aliphatic rings. The maximum absolute atomic E-state index is 10.6. The van der Waals surface area contributed by atoms with Crippen molar-refractivity contribution in [3.63, 3.8) is 0 Å². The minimum atomic E-state index is -0.342. The number of likely N-dealkylation sites (tertiary alicyclic amines) is 1. The standard InChI is InChI=1S/C21H25NO2/c23-21-19-9-5-4-8-18(19)12-20(21)22-11-10-17(13-22)15-24-14-16-6-2-1-3-7-16/h1-9,17,20-21,23H,10-15H2. The molecule has 2 aromatic carbocycles. The van der Waals surface area contributed by atoms with Gasteiger partial charge in [0.1, 0.15) is 0 Å². The van der Waals surface area contributed by atoms with Crippen LogP contribution in [0.15, 0.2) is 54.6 Å². The number of rotatable bonds is 5. The SMILES string of the molecule is OC1c2ccccc2CC1N1CCC(COCc2ccccc2)C1. The summed E-state index contributed by atoms with van der Waals surface area (Å²) >= 11 is 0. The van der Waals surface area contributed by atoms with E-state index >= 15 is 0 Å². The highest BCUT2D eigenvalue weighted by atomic mass is 16.5. The van der Waals surface area contributed by atoms with Crippen LogP contribution in [0, 0.1) is 5.92 Å². The van der Waals surface area contributed by atoms with Gasteiger partial charge in [-0.3, -0.25) is 4.90 Å². The van der Waals surface area contributed by atoms with E-state index in [1.807, 2.05) is 12.1 Å². The van der Waals surface area contributed by atoms with Crippen molar-refractivity contribution in [3.05, 3.63) is 71.3 Å². The first-order chi connectivity index (χ1) is 11.8. The van der Waals surface area contributed by atoms with Crippen LogP contribution in [0.2, 0.25) is 0 Å². The molecule has 0 aromatic heterocycles. The Hall–Kier alpha value is -1.68. The molecule has 0 bridgehead atoms. The molecule has 4 rings (SSSR count). The molecule has 0 amide bonds. The Kier molecular flexibility index (Phi) is 4.65. The molecule has 3 atom stereocenters. The van der Waals surface area contributed by atoms with Gasteiger partial charge >= 0.3 is 0 Å². The third kappa shape index (κ3) is 3.25. The maximum atomic E-state index is 10.6. The average molecular weight is 323 g/mol. The topological polar surface area (TPSA) is 32.7 Å². The van der Waals surface area contributed by atoms with Crippen molar-refractivity contribution >= 4 is 0 Å². The van der Waals surface area contributed by atoms with E-state index in [2.05, 4.69) is 47.4 Å². The molecule has 1 saturated heterocycles. The smallest absolute Gasteiger partial charge is 0.0951 e. The van der Waals surface area contributed by atoms with Gasteiger partial charge in [0.15, 0.2) is 0 Å². The second kappa shape index (κ2) is 7.06. The highest BCUT2D eigenvalue weighted by Crippen LogP contribution is 2.36. The van der Waals surface area contributed by atoms with Crippen molar-refractivity contribution < 1.29 is 9.84 Å². The van der Waals surface area contributed by atoms with Gasteiger partial charge in [-0.25, -0.2) is 0 Å². The Bertz CT molecular complexity index is 673. The number of hydrogen-bond acceptors (Lipinski definition) is 3. The zero-order valence-corrected chi connectivity index (χ0v) is 14.0. The fourth-order valence-electron chi connectivity index (χ4n) is 4.10. The summed E-state index contributed by atoms with van der Waals surface area (Å²) < 4.78 is 5.91. The van der Waals surface area contributed by atoms with Gasteiger partial charge in [0.2, 0.25) is 0 Å². The minimum Gasteiger partial charge on any atom is -0.387 e. The van der Waals surface area contributed by atoms with Crippen LogP contribution in [-0.4, -0.2) is 35.7 Å². The first-order valence-electron chi connectivity index (χ1n) is 8.93. The molecule has 1 aliphatic carbocycles. The Labute approximate surface area is 143 Å². The van der Waals surface area contributed by atoms with Gasteiger partial charge < -0.3 is 9.84 Å². The molecule has 126 valence electrons. The molecular weight excluding hydrogens is 298 g/mol. The number of aliphatic hydroxyl groups is 1. The van der Waals surface area contributed by atoms with E-state index in [9.17, 15) is 5.11 Å². The van der Waals surface area contributed by atoms with Crippen LogP contribution in [0.25, 0.3) is 0 Å².